The summed E-state index contributed by atoms with van der Waals surface area (Å²) >= 11 is 1.89. The van der Waals surface area contributed by atoms with Crippen LogP contribution in [0.4, 0.5) is 17.1 Å². The van der Waals surface area contributed by atoms with Gasteiger partial charge in [-0.05, 0) is 71.8 Å². The molecule has 0 bridgehead atoms. The Morgan fingerprint density at radius 1 is 0.524 bits per heavy atom. The first kappa shape index (κ1) is 23.8. The summed E-state index contributed by atoms with van der Waals surface area (Å²) in [7, 11) is 0. The van der Waals surface area contributed by atoms with Crippen LogP contribution in [0.1, 0.15) is 25.0 Å². The van der Waals surface area contributed by atoms with Gasteiger partial charge in [0, 0.05) is 47.7 Å². The Labute approximate surface area is 248 Å². The van der Waals surface area contributed by atoms with E-state index in [0.29, 0.717) is 0 Å². The maximum atomic E-state index is 2.47. The smallest absolute Gasteiger partial charge is 0.0541 e. The van der Waals surface area contributed by atoms with Crippen LogP contribution in [0, 0.1) is 0 Å². The van der Waals surface area contributed by atoms with Crippen LogP contribution in [0.5, 0.6) is 0 Å². The lowest BCUT2D eigenvalue weighted by atomic mass is 9.72. The third-order valence-corrected chi connectivity index (χ3v) is 10.3. The highest BCUT2D eigenvalue weighted by Crippen LogP contribution is 2.56. The highest BCUT2D eigenvalue weighted by atomic mass is 32.1. The summed E-state index contributed by atoms with van der Waals surface area (Å²) in [6.45, 7) is 4.82. The molecule has 6 aromatic carbocycles. The maximum Gasteiger partial charge on any atom is 0.0541 e. The Kier molecular flexibility index (Phi) is 4.86. The predicted octanol–water partition coefficient (Wildman–Crippen LogP) is 11.3. The quantitative estimate of drug-likeness (QED) is 0.206. The van der Waals surface area contributed by atoms with Gasteiger partial charge in [-0.2, -0.15) is 0 Å². The minimum atomic E-state index is -0.228. The summed E-state index contributed by atoms with van der Waals surface area (Å²) in [4.78, 5) is 2.47. The Bertz CT molecular complexity index is 2290. The number of fused-ring (bicyclic) bond motifs is 9. The van der Waals surface area contributed by atoms with Crippen molar-refractivity contribution >= 4 is 70.4 Å². The molecule has 0 unspecified atom stereocenters. The van der Waals surface area contributed by atoms with Gasteiger partial charge in [-0.25, -0.2) is 0 Å². The number of thiophene rings is 1. The minimum Gasteiger partial charge on any atom is -0.310 e. The highest BCUT2D eigenvalue weighted by Gasteiger charge is 2.39. The molecule has 0 saturated carbocycles. The number of anilines is 3. The molecule has 9 rings (SSSR count). The number of benzene rings is 6. The van der Waals surface area contributed by atoms with Crippen molar-refractivity contribution in [1.82, 2.24) is 4.57 Å². The molecule has 0 spiro atoms. The molecule has 0 aliphatic carbocycles. The molecule has 0 saturated heterocycles. The SMILES string of the molecule is CC1(C)c2cc(-n3c4ccccc4c4ccccc43)ccc2N(c2ccccc2)c2ccc3sc4ccccc4c3c21. The number of hydrogen-bond acceptors (Lipinski definition) is 2. The second-order valence-corrected chi connectivity index (χ2v) is 12.9. The lowest BCUT2D eigenvalue weighted by molar-refractivity contribution is 0.638. The highest BCUT2D eigenvalue weighted by molar-refractivity contribution is 7.25. The molecule has 0 amide bonds. The third-order valence-electron chi connectivity index (χ3n) is 9.13. The second kappa shape index (κ2) is 8.58. The lowest BCUT2D eigenvalue weighted by Gasteiger charge is -2.42. The van der Waals surface area contributed by atoms with E-state index in [1.165, 1.54) is 75.9 Å². The number of aromatic nitrogens is 1. The third kappa shape index (κ3) is 3.14. The lowest BCUT2D eigenvalue weighted by Crippen LogP contribution is -2.31. The van der Waals surface area contributed by atoms with Crippen LogP contribution < -0.4 is 4.90 Å². The molecule has 0 N–H and O–H groups in total. The summed E-state index contributed by atoms with van der Waals surface area (Å²) in [6, 6.07) is 49.0. The summed E-state index contributed by atoms with van der Waals surface area (Å²) in [5, 5.41) is 5.30. The van der Waals surface area contributed by atoms with Gasteiger partial charge in [0.2, 0.25) is 0 Å². The van der Waals surface area contributed by atoms with Crippen LogP contribution in [0.3, 0.4) is 0 Å². The molecule has 8 aromatic rings. The number of hydrogen-bond donors (Lipinski definition) is 0. The van der Waals surface area contributed by atoms with Crippen molar-refractivity contribution in [2.24, 2.45) is 0 Å². The van der Waals surface area contributed by atoms with Crippen LogP contribution in [-0.4, -0.2) is 4.57 Å². The normalized spacial score (nSPS) is 14.1. The molecule has 2 nitrogen and oxygen atoms in total. The fraction of sp³-hybridized carbons (Fsp3) is 0.0769. The van der Waals surface area contributed by atoms with Crippen LogP contribution in [0.2, 0.25) is 0 Å². The van der Waals surface area contributed by atoms with Gasteiger partial charge in [-0.3, -0.25) is 0 Å². The largest absolute Gasteiger partial charge is 0.310 e. The number of para-hydroxylation sites is 3. The maximum absolute atomic E-state index is 2.47. The van der Waals surface area contributed by atoms with Crippen molar-refractivity contribution in [3.63, 3.8) is 0 Å². The van der Waals surface area contributed by atoms with E-state index in [2.05, 4.69) is 157 Å². The molecule has 0 atom stereocenters. The van der Waals surface area contributed by atoms with Crippen molar-refractivity contribution in [3.05, 3.63) is 145 Å². The van der Waals surface area contributed by atoms with Gasteiger partial charge in [0.1, 0.15) is 0 Å². The van der Waals surface area contributed by atoms with Crippen molar-refractivity contribution in [2.45, 2.75) is 19.3 Å². The molecule has 1 aliphatic rings. The van der Waals surface area contributed by atoms with Gasteiger partial charge in [-0.1, -0.05) is 86.6 Å². The van der Waals surface area contributed by atoms with E-state index in [0.717, 1.165) is 0 Å². The number of rotatable bonds is 2. The van der Waals surface area contributed by atoms with Crippen molar-refractivity contribution in [2.75, 3.05) is 4.90 Å². The summed E-state index contributed by atoms with van der Waals surface area (Å²) in [5.74, 6) is 0. The molecule has 42 heavy (non-hydrogen) atoms. The van der Waals surface area contributed by atoms with E-state index in [1.54, 1.807) is 0 Å². The topological polar surface area (TPSA) is 8.17 Å². The number of nitrogens with zero attached hydrogens (tertiary/aromatic N) is 2. The van der Waals surface area contributed by atoms with Crippen LogP contribution in [0.25, 0.3) is 47.7 Å². The first-order chi connectivity index (χ1) is 20.6. The zero-order valence-electron chi connectivity index (χ0n) is 23.5. The first-order valence-corrected chi connectivity index (χ1v) is 15.4. The van der Waals surface area contributed by atoms with Gasteiger partial charge in [0.15, 0.2) is 0 Å². The van der Waals surface area contributed by atoms with Crippen molar-refractivity contribution < 1.29 is 0 Å². The summed E-state index contributed by atoms with van der Waals surface area (Å²) in [5.41, 5.74) is 9.85. The van der Waals surface area contributed by atoms with E-state index in [-0.39, 0.29) is 5.41 Å². The Hall–Kier alpha value is -4.86. The molecular formula is C39H28N2S. The van der Waals surface area contributed by atoms with Crippen LogP contribution in [0.15, 0.2) is 133 Å². The average Bonchev–Trinajstić information content (AvgIpc) is 3.57. The second-order valence-electron chi connectivity index (χ2n) is 11.8. The summed E-state index contributed by atoms with van der Waals surface area (Å²) < 4.78 is 5.12. The Morgan fingerprint density at radius 2 is 1.14 bits per heavy atom. The van der Waals surface area contributed by atoms with E-state index in [9.17, 15) is 0 Å². The standard InChI is InChI=1S/C39H28N2S/c1-39(2)30-24-26(41-31-17-9-6-14-27(31)28-15-7-10-18-32(28)41)20-21-33(30)40(25-12-4-3-5-13-25)34-22-23-36-37(38(34)39)29-16-8-11-19-35(29)42-36/h3-24H,1-2H3. The molecule has 1 aliphatic heterocycles. The van der Waals surface area contributed by atoms with E-state index in [4.69, 9.17) is 0 Å². The molecule has 0 fully saturated rings. The molecule has 3 heterocycles. The zero-order chi connectivity index (χ0) is 28.0. The van der Waals surface area contributed by atoms with Crippen LogP contribution >= 0.6 is 11.3 Å². The molecule has 3 heteroatoms. The van der Waals surface area contributed by atoms with Gasteiger partial charge in [0.05, 0.1) is 22.4 Å². The Morgan fingerprint density at radius 3 is 1.88 bits per heavy atom. The van der Waals surface area contributed by atoms with Gasteiger partial charge >= 0.3 is 0 Å². The zero-order valence-corrected chi connectivity index (χ0v) is 24.3. The minimum absolute atomic E-state index is 0.228. The fourth-order valence-corrected chi connectivity index (χ4v) is 8.42. The van der Waals surface area contributed by atoms with E-state index in [1.807, 2.05) is 11.3 Å². The van der Waals surface area contributed by atoms with E-state index < -0.39 is 0 Å². The molecular weight excluding hydrogens is 529 g/mol. The summed E-state index contributed by atoms with van der Waals surface area (Å²) in [6.07, 6.45) is 0. The molecule has 0 radical (unpaired) electrons. The Balaban J connectivity index is 1.39. The van der Waals surface area contributed by atoms with Gasteiger partial charge in [-0.15, -0.1) is 11.3 Å². The van der Waals surface area contributed by atoms with Gasteiger partial charge < -0.3 is 9.47 Å². The van der Waals surface area contributed by atoms with E-state index >= 15 is 0 Å². The monoisotopic (exact) mass is 556 g/mol. The molecule has 2 aromatic heterocycles. The average molecular weight is 557 g/mol. The predicted molar refractivity (Wildman–Crippen MR) is 180 cm³/mol. The van der Waals surface area contributed by atoms with Crippen molar-refractivity contribution in [1.29, 1.82) is 0 Å². The fourth-order valence-electron chi connectivity index (χ4n) is 7.30. The first-order valence-electron chi connectivity index (χ1n) is 14.5. The van der Waals surface area contributed by atoms with Crippen LogP contribution in [-0.2, 0) is 5.41 Å². The van der Waals surface area contributed by atoms with Gasteiger partial charge in [0.25, 0.3) is 0 Å². The van der Waals surface area contributed by atoms with Crippen molar-refractivity contribution in [3.8, 4) is 5.69 Å². The molecule has 200 valence electrons.